The van der Waals surface area contributed by atoms with Crippen LogP contribution in [0.4, 0.5) is 0 Å². The standard InChI is InChI=1S/C27H43NO7/c1-8-28-13-23(2)10-9-17(30-4)26-20(23)21(32-6)27(22(26)28)25(34-14-35-27)12-16(29-3)15-11-24(26,33-7)19(25)18(15)31-5/h15-22H,8-14H2,1-7H3/t15-,16+,17+,18+,19+,20-,21+,22?,23+,24+,25-,26-,27-/m1/s1. The summed E-state index contributed by atoms with van der Waals surface area (Å²) in [5.41, 5.74) is -2.01. The van der Waals surface area contributed by atoms with Gasteiger partial charge in [-0.1, -0.05) is 13.8 Å². The molecule has 2 heterocycles. The van der Waals surface area contributed by atoms with Gasteiger partial charge in [-0.3, -0.25) is 4.90 Å². The lowest BCUT2D eigenvalue weighted by Crippen LogP contribution is -2.85. The Labute approximate surface area is 209 Å². The van der Waals surface area contributed by atoms with Gasteiger partial charge in [0.05, 0.1) is 41.5 Å². The predicted molar refractivity (Wildman–Crippen MR) is 126 cm³/mol. The second-order valence-corrected chi connectivity index (χ2v) is 12.7. The minimum Gasteiger partial charge on any atom is -0.381 e. The van der Waals surface area contributed by atoms with Gasteiger partial charge in [0.15, 0.2) is 0 Å². The average molecular weight is 494 g/mol. The molecule has 7 rings (SSSR count). The Hall–Kier alpha value is -0.320. The van der Waals surface area contributed by atoms with Crippen molar-refractivity contribution >= 4 is 0 Å². The number of fused-ring (bicyclic) bond motifs is 1. The summed E-state index contributed by atoms with van der Waals surface area (Å²) in [5.74, 6) is 0.477. The van der Waals surface area contributed by atoms with Crippen LogP contribution in [0.25, 0.3) is 0 Å². The highest BCUT2D eigenvalue weighted by Gasteiger charge is 2.97. The van der Waals surface area contributed by atoms with E-state index in [2.05, 4.69) is 18.7 Å². The lowest BCUT2D eigenvalue weighted by atomic mass is 9.41. The van der Waals surface area contributed by atoms with Gasteiger partial charge in [-0.25, -0.2) is 0 Å². The summed E-state index contributed by atoms with van der Waals surface area (Å²) in [6.45, 7) is 7.00. The van der Waals surface area contributed by atoms with Crippen molar-refractivity contribution in [3.8, 4) is 0 Å². The zero-order valence-electron chi connectivity index (χ0n) is 22.4. The molecule has 0 aromatic carbocycles. The van der Waals surface area contributed by atoms with Gasteiger partial charge < -0.3 is 33.2 Å². The number of ether oxygens (including phenoxy) is 7. The molecular weight excluding hydrogens is 450 g/mol. The minimum absolute atomic E-state index is 0.00551. The van der Waals surface area contributed by atoms with Gasteiger partial charge in [0.2, 0.25) is 0 Å². The van der Waals surface area contributed by atoms with Crippen LogP contribution in [0, 0.1) is 28.6 Å². The first-order chi connectivity index (χ1) is 16.9. The summed E-state index contributed by atoms with van der Waals surface area (Å²) in [7, 11) is 9.37. The lowest BCUT2D eigenvalue weighted by Gasteiger charge is -2.72. The Bertz CT molecular complexity index is 905. The predicted octanol–water partition coefficient (Wildman–Crippen LogP) is 2.09. The Morgan fingerprint density at radius 2 is 1.74 bits per heavy atom. The molecule has 1 unspecified atom stereocenters. The smallest absolute Gasteiger partial charge is 0.148 e. The van der Waals surface area contributed by atoms with Gasteiger partial charge in [0.1, 0.15) is 18.0 Å². The molecule has 2 saturated heterocycles. The zero-order valence-corrected chi connectivity index (χ0v) is 22.4. The Morgan fingerprint density at radius 3 is 2.37 bits per heavy atom. The fourth-order valence-electron chi connectivity index (χ4n) is 12.1. The zero-order chi connectivity index (χ0) is 24.6. The van der Waals surface area contributed by atoms with Crippen LogP contribution in [-0.2, 0) is 33.2 Å². The van der Waals surface area contributed by atoms with Gasteiger partial charge in [0.25, 0.3) is 0 Å². The van der Waals surface area contributed by atoms with Crippen LogP contribution in [-0.4, -0.2) is 108 Å². The van der Waals surface area contributed by atoms with Crippen LogP contribution in [0.3, 0.4) is 0 Å². The van der Waals surface area contributed by atoms with Gasteiger partial charge in [-0.2, -0.15) is 0 Å². The molecule has 8 heteroatoms. The van der Waals surface area contributed by atoms with E-state index in [9.17, 15) is 0 Å². The van der Waals surface area contributed by atoms with Crippen molar-refractivity contribution in [1.82, 2.24) is 4.90 Å². The van der Waals surface area contributed by atoms with Crippen LogP contribution in [0.5, 0.6) is 0 Å². The molecule has 5 saturated carbocycles. The van der Waals surface area contributed by atoms with E-state index in [0.717, 1.165) is 38.8 Å². The van der Waals surface area contributed by atoms with E-state index in [1.54, 1.807) is 0 Å². The Kier molecular flexibility index (Phi) is 4.89. The molecule has 198 valence electrons. The molecule has 0 N–H and O–H groups in total. The van der Waals surface area contributed by atoms with Crippen LogP contribution in [0.1, 0.15) is 39.5 Å². The number of nitrogens with zero attached hydrogens (tertiary/aromatic N) is 1. The summed E-state index contributed by atoms with van der Waals surface area (Å²) >= 11 is 0. The van der Waals surface area contributed by atoms with Crippen LogP contribution in [0.15, 0.2) is 0 Å². The normalized spacial score (nSPS) is 61.8. The number of rotatable bonds is 6. The molecule has 5 aliphatic carbocycles. The van der Waals surface area contributed by atoms with E-state index in [1.807, 2.05) is 35.5 Å². The molecule has 0 radical (unpaired) electrons. The van der Waals surface area contributed by atoms with Gasteiger partial charge in [0, 0.05) is 66.3 Å². The van der Waals surface area contributed by atoms with E-state index >= 15 is 0 Å². The van der Waals surface area contributed by atoms with Crippen molar-refractivity contribution in [2.24, 2.45) is 28.6 Å². The first-order valence-electron chi connectivity index (χ1n) is 13.6. The van der Waals surface area contributed by atoms with Crippen molar-refractivity contribution in [2.75, 3.05) is 55.4 Å². The van der Waals surface area contributed by atoms with Gasteiger partial charge in [-0.15, -0.1) is 0 Å². The van der Waals surface area contributed by atoms with Crippen molar-refractivity contribution < 1.29 is 33.2 Å². The minimum atomic E-state index is -0.642. The maximum Gasteiger partial charge on any atom is 0.148 e. The quantitative estimate of drug-likeness (QED) is 0.557. The van der Waals surface area contributed by atoms with E-state index in [4.69, 9.17) is 33.2 Å². The van der Waals surface area contributed by atoms with E-state index in [1.165, 1.54) is 0 Å². The molecule has 35 heavy (non-hydrogen) atoms. The second kappa shape index (κ2) is 7.20. The molecule has 7 aliphatic rings. The van der Waals surface area contributed by atoms with Crippen LogP contribution >= 0.6 is 0 Å². The summed E-state index contributed by atoms with van der Waals surface area (Å²) in [4.78, 5) is 2.68. The maximum atomic E-state index is 7.02. The van der Waals surface area contributed by atoms with Crippen molar-refractivity contribution in [1.29, 1.82) is 0 Å². The molecule has 7 fully saturated rings. The summed E-state index contributed by atoms with van der Waals surface area (Å²) < 4.78 is 46.7. The third-order valence-corrected chi connectivity index (χ3v) is 12.5. The monoisotopic (exact) mass is 493 g/mol. The number of hydrogen-bond donors (Lipinski definition) is 0. The lowest BCUT2D eigenvalue weighted by molar-refractivity contribution is -0.338. The molecule has 0 aromatic heterocycles. The first-order valence-corrected chi connectivity index (χ1v) is 13.6. The highest BCUT2D eigenvalue weighted by molar-refractivity contribution is 5.47. The first kappa shape index (κ1) is 23.8. The summed E-state index contributed by atoms with van der Waals surface area (Å²) in [5, 5.41) is 0. The van der Waals surface area contributed by atoms with E-state index in [-0.39, 0.29) is 65.8 Å². The fourth-order valence-corrected chi connectivity index (χ4v) is 12.1. The van der Waals surface area contributed by atoms with E-state index < -0.39 is 16.8 Å². The molecule has 7 bridgehead atoms. The highest BCUT2D eigenvalue weighted by atomic mass is 16.7. The largest absolute Gasteiger partial charge is 0.381 e. The van der Waals surface area contributed by atoms with Gasteiger partial charge in [-0.05, 0) is 31.2 Å². The molecule has 2 aliphatic heterocycles. The molecule has 3 spiro atoms. The van der Waals surface area contributed by atoms with E-state index in [0.29, 0.717) is 0 Å². The van der Waals surface area contributed by atoms with Crippen LogP contribution < -0.4 is 0 Å². The SMILES string of the molecule is CCN1C[C@]2(C)CC[C@H](OC)[C@@]34C1[C@]1(OCO[C@@]15C[C@H](OC)[C@H]1C[C@]3(OC)[C@@H]5[C@H]1OC)[C@@H](OC)[C@H]24. The maximum absolute atomic E-state index is 7.02. The number of methoxy groups -OCH3 is 5. The van der Waals surface area contributed by atoms with Crippen molar-refractivity contribution in [3.63, 3.8) is 0 Å². The van der Waals surface area contributed by atoms with Crippen molar-refractivity contribution in [2.45, 2.75) is 86.8 Å². The Balaban J connectivity index is 1.63. The summed E-state index contributed by atoms with van der Waals surface area (Å²) in [6, 6.07) is 0.0684. The third-order valence-electron chi connectivity index (χ3n) is 12.5. The van der Waals surface area contributed by atoms with Crippen LogP contribution in [0.2, 0.25) is 0 Å². The van der Waals surface area contributed by atoms with Gasteiger partial charge >= 0.3 is 0 Å². The molecule has 0 amide bonds. The highest BCUT2D eigenvalue weighted by Crippen LogP contribution is 2.84. The molecule has 0 aromatic rings. The average Bonchev–Trinajstić information content (AvgIpc) is 3.43. The third kappa shape index (κ3) is 2.07. The number of piperidine rings is 1. The Morgan fingerprint density at radius 1 is 0.943 bits per heavy atom. The van der Waals surface area contributed by atoms with Crippen molar-refractivity contribution in [3.05, 3.63) is 0 Å². The molecular formula is C27H43NO7. The number of likely N-dealkylation sites (N-methyl/N-ethyl adjacent to an activating group) is 1. The number of hydrogen-bond acceptors (Lipinski definition) is 8. The number of likely N-dealkylation sites (tertiary alicyclic amines) is 1. The molecule has 13 atom stereocenters. The fraction of sp³-hybridized carbons (Fsp3) is 1.00. The molecule has 8 nitrogen and oxygen atoms in total. The topological polar surface area (TPSA) is 67.9 Å². The second-order valence-electron chi connectivity index (χ2n) is 12.7. The summed E-state index contributed by atoms with van der Waals surface area (Å²) in [6.07, 6.45) is 3.66.